The van der Waals surface area contributed by atoms with E-state index in [2.05, 4.69) is 20.8 Å². The third-order valence-corrected chi connectivity index (χ3v) is 4.48. The summed E-state index contributed by atoms with van der Waals surface area (Å²) in [6, 6.07) is 0. The molecule has 2 aliphatic rings. The third kappa shape index (κ3) is 1.83. The maximum atomic E-state index is 9.79. The molecular formula is C16H22O3. The smallest absolute Gasteiger partial charge is 0.127 e. The first-order chi connectivity index (χ1) is 9.15. The van der Waals surface area contributed by atoms with Gasteiger partial charge in [0.25, 0.3) is 0 Å². The zero-order valence-electron chi connectivity index (χ0n) is 12.0. The van der Waals surface area contributed by atoms with Crippen LogP contribution in [0.4, 0.5) is 0 Å². The minimum absolute atomic E-state index is 0.142. The topological polar surface area (TPSA) is 38.7 Å². The Morgan fingerprint density at radius 2 is 1.68 bits per heavy atom. The van der Waals surface area contributed by atoms with Gasteiger partial charge in [-0.2, -0.15) is 0 Å². The molecule has 2 aliphatic heterocycles. The van der Waals surface area contributed by atoms with Gasteiger partial charge in [0.2, 0.25) is 0 Å². The van der Waals surface area contributed by atoms with Crippen LogP contribution in [0.1, 0.15) is 42.0 Å². The van der Waals surface area contributed by atoms with E-state index in [4.69, 9.17) is 9.47 Å². The molecule has 0 bridgehead atoms. The van der Waals surface area contributed by atoms with Gasteiger partial charge in [-0.25, -0.2) is 0 Å². The van der Waals surface area contributed by atoms with Gasteiger partial charge < -0.3 is 14.6 Å². The molecule has 0 amide bonds. The number of ether oxygens (including phenoxy) is 2. The average Bonchev–Trinajstić information content (AvgIpc) is 3.02. The second-order valence-electron chi connectivity index (χ2n) is 5.88. The highest BCUT2D eigenvalue weighted by molar-refractivity contribution is 5.62. The van der Waals surface area contributed by atoms with Crippen molar-refractivity contribution in [3.05, 3.63) is 22.3 Å². The van der Waals surface area contributed by atoms with E-state index < -0.39 is 0 Å². The number of benzene rings is 1. The molecule has 2 heterocycles. The van der Waals surface area contributed by atoms with Gasteiger partial charge in [0, 0.05) is 35.4 Å². The summed E-state index contributed by atoms with van der Waals surface area (Å²) in [6.45, 7) is 8.12. The largest absolute Gasteiger partial charge is 0.493 e. The van der Waals surface area contributed by atoms with Gasteiger partial charge in [-0.05, 0) is 18.4 Å². The predicted octanol–water partition coefficient (Wildman–Crippen LogP) is 2.60. The first-order valence-electron chi connectivity index (χ1n) is 7.19. The summed E-state index contributed by atoms with van der Waals surface area (Å²) < 4.78 is 11.7. The molecule has 1 N–H and O–H groups in total. The minimum atomic E-state index is 0.142. The van der Waals surface area contributed by atoms with Gasteiger partial charge in [0.15, 0.2) is 0 Å². The van der Waals surface area contributed by atoms with Crippen LogP contribution in [0, 0.1) is 12.8 Å². The van der Waals surface area contributed by atoms with Crippen LogP contribution in [0.25, 0.3) is 0 Å². The maximum Gasteiger partial charge on any atom is 0.127 e. The monoisotopic (exact) mass is 262 g/mol. The molecule has 1 atom stereocenters. The van der Waals surface area contributed by atoms with Crippen LogP contribution >= 0.6 is 0 Å². The van der Waals surface area contributed by atoms with Crippen LogP contribution in [-0.4, -0.2) is 24.9 Å². The maximum absolute atomic E-state index is 9.79. The third-order valence-electron chi connectivity index (χ3n) is 4.48. The Bertz CT molecular complexity index is 470. The number of hydrogen-bond donors (Lipinski definition) is 1. The van der Waals surface area contributed by atoms with Crippen molar-refractivity contribution in [3.63, 3.8) is 0 Å². The predicted molar refractivity (Wildman–Crippen MR) is 74.2 cm³/mol. The van der Waals surface area contributed by atoms with Gasteiger partial charge in [-0.15, -0.1) is 0 Å². The molecule has 0 fully saturated rings. The summed E-state index contributed by atoms with van der Waals surface area (Å²) in [6.07, 6.45) is 1.90. The second kappa shape index (κ2) is 4.71. The molecule has 0 spiro atoms. The lowest BCUT2D eigenvalue weighted by molar-refractivity contribution is 0.232. The van der Waals surface area contributed by atoms with E-state index in [0.717, 1.165) is 37.6 Å². The number of rotatable bonds is 3. The summed E-state index contributed by atoms with van der Waals surface area (Å²) in [4.78, 5) is 0. The highest BCUT2D eigenvalue weighted by Crippen LogP contribution is 2.48. The molecule has 1 aromatic carbocycles. The van der Waals surface area contributed by atoms with Crippen molar-refractivity contribution in [3.8, 4) is 11.5 Å². The molecule has 3 heteroatoms. The minimum Gasteiger partial charge on any atom is -0.493 e. The van der Waals surface area contributed by atoms with Gasteiger partial charge in [0.1, 0.15) is 11.5 Å². The molecule has 1 aromatic rings. The van der Waals surface area contributed by atoms with Crippen molar-refractivity contribution < 1.29 is 14.6 Å². The van der Waals surface area contributed by atoms with Crippen LogP contribution in [0.5, 0.6) is 11.5 Å². The zero-order chi connectivity index (χ0) is 13.6. The fourth-order valence-electron chi connectivity index (χ4n) is 3.40. The number of fused-ring (bicyclic) bond motifs is 2. The Morgan fingerprint density at radius 3 is 2.32 bits per heavy atom. The molecule has 0 aliphatic carbocycles. The van der Waals surface area contributed by atoms with Gasteiger partial charge in [-0.3, -0.25) is 0 Å². The van der Waals surface area contributed by atoms with E-state index in [1.165, 1.54) is 22.3 Å². The lowest BCUT2D eigenvalue weighted by Crippen LogP contribution is -2.15. The Kier molecular flexibility index (Phi) is 3.17. The molecule has 0 saturated heterocycles. The fraction of sp³-hybridized carbons (Fsp3) is 0.625. The Hall–Kier alpha value is -1.22. The Labute approximate surface area is 114 Å². The standard InChI is InChI=1S/C16H22O3/c1-9(2)13(8-17)14-12-5-7-18-15(12)10(3)11-4-6-19-16(11)14/h9,13,17H,4-8H2,1-3H3. The summed E-state index contributed by atoms with van der Waals surface area (Å²) in [5.74, 6) is 2.63. The van der Waals surface area contributed by atoms with Crippen molar-refractivity contribution in [1.29, 1.82) is 0 Å². The zero-order valence-corrected chi connectivity index (χ0v) is 12.0. The SMILES string of the molecule is Cc1c2c(c(C(CO)C(C)C)c3c1OCC3)OCC2. The van der Waals surface area contributed by atoms with E-state index in [0.29, 0.717) is 5.92 Å². The van der Waals surface area contributed by atoms with Crippen molar-refractivity contribution in [2.24, 2.45) is 5.92 Å². The van der Waals surface area contributed by atoms with Crippen molar-refractivity contribution in [2.75, 3.05) is 19.8 Å². The fourth-order valence-corrected chi connectivity index (χ4v) is 3.40. The number of hydrogen-bond acceptors (Lipinski definition) is 3. The van der Waals surface area contributed by atoms with E-state index in [1.54, 1.807) is 0 Å². The molecule has 1 unspecified atom stereocenters. The van der Waals surface area contributed by atoms with E-state index in [9.17, 15) is 5.11 Å². The second-order valence-corrected chi connectivity index (χ2v) is 5.88. The molecule has 0 radical (unpaired) electrons. The van der Waals surface area contributed by atoms with Crippen molar-refractivity contribution >= 4 is 0 Å². The van der Waals surface area contributed by atoms with Gasteiger partial charge in [0.05, 0.1) is 19.8 Å². The van der Waals surface area contributed by atoms with E-state index >= 15 is 0 Å². The molecule has 3 nitrogen and oxygen atoms in total. The lowest BCUT2D eigenvalue weighted by atomic mass is 9.82. The van der Waals surface area contributed by atoms with Crippen LogP contribution in [-0.2, 0) is 12.8 Å². The van der Waals surface area contributed by atoms with Crippen LogP contribution < -0.4 is 9.47 Å². The summed E-state index contributed by atoms with van der Waals surface area (Å²) in [5.41, 5.74) is 5.01. The average molecular weight is 262 g/mol. The van der Waals surface area contributed by atoms with Crippen LogP contribution in [0.2, 0.25) is 0 Å². The first-order valence-corrected chi connectivity index (χ1v) is 7.19. The molecule has 104 valence electrons. The van der Waals surface area contributed by atoms with Crippen molar-refractivity contribution in [2.45, 2.75) is 39.5 Å². The number of aliphatic hydroxyl groups is 1. The van der Waals surface area contributed by atoms with Gasteiger partial charge in [-0.1, -0.05) is 13.8 Å². The summed E-state index contributed by atoms with van der Waals surface area (Å²) in [5, 5.41) is 9.79. The summed E-state index contributed by atoms with van der Waals surface area (Å²) in [7, 11) is 0. The van der Waals surface area contributed by atoms with Crippen LogP contribution in [0.3, 0.4) is 0 Å². The van der Waals surface area contributed by atoms with Crippen LogP contribution in [0.15, 0.2) is 0 Å². The van der Waals surface area contributed by atoms with Crippen molar-refractivity contribution in [1.82, 2.24) is 0 Å². The Morgan fingerprint density at radius 1 is 1.05 bits per heavy atom. The Balaban J connectivity index is 2.23. The van der Waals surface area contributed by atoms with E-state index in [-0.39, 0.29) is 12.5 Å². The van der Waals surface area contributed by atoms with E-state index in [1.807, 2.05) is 0 Å². The highest BCUT2D eigenvalue weighted by Gasteiger charge is 2.33. The molecule has 19 heavy (non-hydrogen) atoms. The highest BCUT2D eigenvalue weighted by atomic mass is 16.5. The molecule has 0 aromatic heterocycles. The first kappa shape index (κ1) is 12.8. The van der Waals surface area contributed by atoms with Gasteiger partial charge >= 0.3 is 0 Å². The lowest BCUT2D eigenvalue weighted by Gasteiger charge is -2.24. The quantitative estimate of drug-likeness (QED) is 0.910. The normalized spacial score (nSPS) is 17.9. The number of aliphatic hydroxyl groups excluding tert-OH is 1. The molecule has 0 saturated carbocycles. The molecule has 3 rings (SSSR count). The summed E-state index contributed by atoms with van der Waals surface area (Å²) >= 11 is 0. The molecular weight excluding hydrogens is 240 g/mol.